The Morgan fingerprint density at radius 1 is 1.39 bits per heavy atom. The van der Waals surface area contributed by atoms with Gasteiger partial charge in [-0.25, -0.2) is 4.79 Å². The molecule has 0 aliphatic heterocycles. The predicted molar refractivity (Wildman–Crippen MR) is 83.1 cm³/mol. The van der Waals surface area contributed by atoms with Crippen LogP contribution in [0.3, 0.4) is 0 Å². The van der Waals surface area contributed by atoms with Gasteiger partial charge < -0.3 is 19.9 Å². The molecule has 1 aliphatic carbocycles. The second-order valence-electron chi connectivity index (χ2n) is 5.64. The number of aromatic nitrogens is 2. The minimum atomic E-state index is -0.272. The van der Waals surface area contributed by atoms with Gasteiger partial charge >= 0.3 is 6.03 Å². The lowest BCUT2D eigenvalue weighted by Crippen LogP contribution is -2.36. The molecule has 7 heteroatoms. The average Bonchev–Trinajstić information content (AvgIpc) is 3.31. The van der Waals surface area contributed by atoms with E-state index in [9.17, 15) is 4.79 Å². The van der Waals surface area contributed by atoms with Crippen LogP contribution in [0.15, 0.2) is 28.8 Å². The van der Waals surface area contributed by atoms with Crippen LogP contribution in [0.25, 0.3) is 0 Å². The molecule has 1 saturated carbocycles. The number of amides is 2. The molecule has 1 aromatic heterocycles. The van der Waals surface area contributed by atoms with Gasteiger partial charge in [0.2, 0.25) is 5.89 Å². The highest BCUT2D eigenvalue weighted by Crippen LogP contribution is 2.38. The van der Waals surface area contributed by atoms with Crippen LogP contribution in [-0.2, 0) is 6.54 Å². The molecule has 1 fully saturated rings. The van der Waals surface area contributed by atoms with Crippen molar-refractivity contribution in [3.63, 3.8) is 0 Å². The van der Waals surface area contributed by atoms with E-state index in [2.05, 4.69) is 20.8 Å². The maximum atomic E-state index is 11.9. The minimum Gasteiger partial charge on any atom is -0.497 e. The number of nitrogens with one attached hydrogen (secondary N) is 2. The van der Waals surface area contributed by atoms with Crippen LogP contribution in [0.4, 0.5) is 4.79 Å². The SMILES string of the molecule is COc1ccc([C@@H](C)NC(=O)NCc2noc(C3CC3)n2)cc1. The highest BCUT2D eigenvalue weighted by Gasteiger charge is 2.29. The molecule has 1 heterocycles. The summed E-state index contributed by atoms with van der Waals surface area (Å²) in [6.45, 7) is 2.17. The summed E-state index contributed by atoms with van der Waals surface area (Å²) in [5, 5.41) is 9.47. The van der Waals surface area contributed by atoms with Crippen molar-refractivity contribution in [2.24, 2.45) is 0 Å². The van der Waals surface area contributed by atoms with Crippen LogP contribution >= 0.6 is 0 Å². The van der Waals surface area contributed by atoms with Crippen LogP contribution < -0.4 is 15.4 Å². The van der Waals surface area contributed by atoms with Gasteiger partial charge in [0.15, 0.2) is 5.82 Å². The second kappa shape index (κ2) is 6.68. The number of ether oxygens (including phenoxy) is 1. The van der Waals surface area contributed by atoms with Crippen LogP contribution in [0.1, 0.15) is 49.0 Å². The van der Waals surface area contributed by atoms with Gasteiger partial charge in [-0.05, 0) is 37.5 Å². The molecule has 0 bridgehead atoms. The average molecular weight is 316 g/mol. The summed E-state index contributed by atoms with van der Waals surface area (Å²) in [6.07, 6.45) is 2.21. The van der Waals surface area contributed by atoms with Crippen molar-refractivity contribution in [1.29, 1.82) is 0 Å². The van der Waals surface area contributed by atoms with Crippen LogP contribution in [-0.4, -0.2) is 23.3 Å². The highest BCUT2D eigenvalue weighted by molar-refractivity contribution is 5.74. The third-order valence-electron chi connectivity index (χ3n) is 3.78. The van der Waals surface area contributed by atoms with E-state index in [1.807, 2.05) is 31.2 Å². The van der Waals surface area contributed by atoms with Gasteiger partial charge in [0.05, 0.1) is 19.7 Å². The number of carbonyl (C=O) groups excluding carboxylic acids is 1. The molecule has 3 rings (SSSR count). The molecule has 0 unspecified atom stereocenters. The Morgan fingerprint density at radius 2 is 2.13 bits per heavy atom. The highest BCUT2D eigenvalue weighted by atomic mass is 16.5. The van der Waals surface area contributed by atoms with Gasteiger partial charge in [-0.3, -0.25) is 0 Å². The molecule has 1 atom stereocenters. The fourth-order valence-electron chi connectivity index (χ4n) is 2.22. The van der Waals surface area contributed by atoms with E-state index in [-0.39, 0.29) is 18.6 Å². The van der Waals surface area contributed by atoms with Crippen molar-refractivity contribution in [3.8, 4) is 5.75 Å². The first-order valence-corrected chi connectivity index (χ1v) is 7.66. The van der Waals surface area contributed by atoms with E-state index < -0.39 is 0 Å². The zero-order valence-corrected chi connectivity index (χ0v) is 13.2. The lowest BCUT2D eigenvalue weighted by molar-refractivity contribution is 0.237. The smallest absolute Gasteiger partial charge is 0.315 e. The molecule has 0 radical (unpaired) electrons. The number of hydrogen-bond acceptors (Lipinski definition) is 5. The van der Waals surface area contributed by atoms with E-state index in [1.54, 1.807) is 7.11 Å². The maximum Gasteiger partial charge on any atom is 0.315 e. The number of benzene rings is 1. The lowest BCUT2D eigenvalue weighted by Gasteiger charge is -2.15. The van der Waals surface area contributed by atoms with Gasteiger partial charge in [-0.15, -0.1) is 0 Å². The van der Waals surface area contributed by atoms with Crippen molar-refractivity contribution in [2.75, 3.05) is 7.11 Å². The van der Waals surface area contributed by atoms with Gasteiger partial charge in [-0.2, -0.15) is 4.98 Å². The van der Waals surface area contributed by atoms with Crippen molar-refractivity contribution in [1.82, 2.24) is 20.8 Å². The Kier molecular flexibility index (Phi) is 4.45. The molecule has 0 saturated heterocycles. The number of urea groups is 1. The van der Waals surface area contributed by atoms with E-state index in [1.165, 1.54) is 0 Å². The van der Waals surface area contributed by atoms with Crippen molar-refractivity contribution in [3.05, 3.63) is 41.5 Å². The zero-order chi connectivity index (χ0) is 16.2. The summed E-state index contributed by atoms with van der Waals surface area (Å²) in [7, 11) is 1.62. The van der Waals surface area contributed by atoms with E-state index in [0.29, 0.717) is 17.6 Å². The number of hydrogen-bond donors (Lipinski definition) is 2. The van der Waals surface area contributed by atoms with Gasteiger partial charge in [-0.1, -0.05) is 17.3 Å². The maximum absolute atomic E-state index is 11.9. The van der Waals surface area contributed by atoms with Crippen LogP contribution in [0.2, 0.25) is 0 Å². The molecule has 0 spiro atoms. The van der Waals surface area contributed by atoms with Gasteiger partial charge in [0, 0.05) is 5.92 Å². The molecule has 2 aromatic rings. The molecular formula is C16H20N4O3. The monoisotopic (exact) mass is 316 g/mol. The fourth-order valence-corrected chi connectivity index (χ4v) is 2.22. The van der Waals surface area contributed by atoms with Crippen molar-refractivity contribution in [2.45, 2.75) is 38.3 Å². The van der Waals surface area contributed by atoms with Gasteiger partial charge in [0.1, 0.15) is 5.75 Å². The predicted octanol–water partition coefficient (Wildman–Crippen LogP) is 2.52. The number of carbonyl (C=O) groups is 1. The summed E-state index contributed by atoms with van der Waals surface area (Å²) < 4.78 is 10.3. The first-order valence-electron chi connectivity index (χ1n) is 7.66. The molecule has 1 aliphatic rings. The van der Waals surface area contributed by atoms with Crippen LogP contribution in [0.5, 0.6) is 5.75 Å². The third kappa shape index (κ3) is 4.00. The largest absolute Gasteiger partial charge is 0.497 e. The van der Waals surface area contributed by atoms with Crippen molar-refractivity contribution >= 4 is 6.03 Å². The summed E-state index contributed by atoms with van der Waals surface area (Å²) in [5.41, 5.74) is 0.997. The molecule has 1 aromatic carbocycles. The molecule has 23 heavy (non-hydrogen) atoms. The van der Waals surface area contributed by atoms with Crippen LogP contribution in [0, 0.1) is 0 Å². The van der Waals surface area contributed by atoms with E-state index in [4.69, 9.17) is 9.26 Å². The summed E-state index contributed by atoms with van der Waals surface area (Å²) in [6, 6.07) is 7.18. The fraction of sp³-hybridized carbons (Fsp3) is 0.438. The molecular weight excluding hydrogens is 296 g/mol. The number of methoxy groups -OCH3 is 1. The summed E-state index contributed by atoms with van der Waals surface area (Å²) in [4.78, 5) is 16.2. The Hall–Kier alpha value is -2.57. The molecule has 122 valence electrons. The first-order chi connectivity index (χ1) is 11.2. The quantitative estimate of drug-likeness (QED) is 0.854. The Morgan fingerprint density at radius 3 is 2.78 bits per heavy atom. The van der Waals surface area contributed by atoms with E-state index in [0.717, 1.165) is 24.2 Å². The Balaban J connectivity index is 1.47. The Labute approximate surface area is 134 Å². The summed E-state index contributed by atoms with van der Waals surface area (Å²) in [5.74, 6) is 2.38. The number of rotatable bonds is 6. The van der Waals surface area contributed by atoms with Crippen molar-refractivity contribution < 1.29 is 14.1 Å². The first kappa shape index (κ1) is 15.3. The van der Waals surface area contributed by atoms with Gasteiger partial charge in [0.25, 0.3) is 0 Å². The standard InChI is InChI=1S/C16H20N4O3/c1-10(11-5-7-13(22-2)8-6-11)18-16(21)17-9-14-19-15(23-20-14)12-3-4-12/h5-8,10,12H,3-4,9H2,1-2H3,(H2,17,18,21)/t10-/m1/s1. The molecule has 7 nitrogen and oxygen atoms in total. The topological polar surface area (TPSA) is 89.3 Å². The lowest BCUT2D eigenvalue weighted by atomic mass is 10.1. The van der Waals surface area contributed by atoms with E-state index >= 15 is 0 Å². The molecule has 2 N–H and O–H groups in total. The zero-order valence-electron chi connectivity index (χ0n) is 13.2. The second-order valence-corrected chi connectivity index (χ2v) is 5.64. The normalized spacial score (nSPS) is 15.0. The summed E-state index contributed by atoms with van der Waals surface area (Å²) >= 11 is 0. The molecule has 2 amide bonds. The minimum absolute atomic E-state index is 0.117. The Bertz CT molecular complexity index is 664. The third-order valence-corrected chi connectivity index (χ3v) is 3.78. The number of nitrogens with zero attached hydrogens (tertiary/aromatic N) is 2.